The van der Waals surface area contributed by atoms with Crippen LogP contribution < -0.4 is 17.0 Å². The molecule has 0 saturated carbocycles. The summed E-state index contributed by atoms with van der Waals surface area (Å²) >= 11 is 5.11. The van der Waals surface area contributed by atoms with Crippen LogP contribution in [0.4, 0.5) is 20.5 Å². The monoisotopic (exact) mass is 645 g/mol. The zero-order valence-corrected chi connectivity index (χ0v) is 23.6. The molecule has 1 unspecified atom stereocenters. The van der Waals surface area contributed by atoms with Crippen molar-refractivity contribution >= 4 is 52.5 Å². The van der Waals surface area contributed by atoms with Gasteiger partial charge in [-0.3, -0.25) is 18.9 Å². The first-order valence-electron chi connectivity index (χ1n) is 12.8. The quantitative estimate of drug-likeness (QED) is 0.126. The minimum Gasteiger partial charge on any atom is -0.396 e. The Labute approximate surface area is 244 Å². The highest BCUT2D eigenvalue weighted by molar-refractivity contribution is 8.07. The van der Waals surface area contributed by atoms with Gasteiger partial charge >= 0.3 is 6.72 Å². The van der Waals surface area contributed by atoms with E-state index < -0.39 is 74.7 Å². The number of aromatic amines is 1. The third-order valence-electron chi connectivity index (χ3n) is 7.17. The van der Waals surface area contributed by atoms with Gasteiger partial charge in [0.15, 0.2) is 36.0 Å². The van der Waals surface area contributed by atoms with Crippen LogP contribution in [-0.4, -0.2) is 99.1 Å². The third kappa shape index (κ3) is 5.38. The van der Waals surface area contributed by atoms with E-state index in [1.54, 1.807) is 6.07 Å². The summed E-state index contributed by atoms with van der Waals surface area (Å²) in [6.07, 6.45) is -8.71. The van der Waals surface area contributed by atoms with Crippen molar-refractivity contribution in [1.29, 1.82) is 0 Å². The normalized spacial score (nSPS) is 30.8. The maximum absolute atomic E-state index is 15.6. The number of H-pyrrole nitrogens is 1. The molecule has 21 heteroatoms. The van der Waals surface area contributed by atoms with Crippen molar-refractivity contribution in [2.45, 2.75) is 55.6 Å². The SMILES string of the molecule is Nc1nc2c(ncn2[C@@H]2O[C@H](CCO)[C@@H](F)[C@H]2OP(O)(=S)OC[C@H]2O[C@@H](n3ccc4c(N)ncnc43)[C@@H](F)[C@@H]2O)c(=O)[nH]1. The van der Waals surface area contributed by atoms with E-state index in [2.05, 4.69) is 24.9 Å². The fourth-order valence-electron chi connectivity index (χ4n) is 5.13. The molecule has 17 nitrogen and oxygen atoms in total. The molecule has 0 radical (unpaired) electrons. The summed E-state index contributed by atoms with van der Waals surface area (Å²) in [5, 5.41) is 20.4. The van der Waals surface area contributed by atoms with Crippen molar-refractivity contribution in [2.75, 3.05) is 24.7 Å². The predicted molar refractivity (Wildman–Crippen MR) is 147 cm³/mol. The van der Waals surface area contributed by atoms with E-state index in [0.717, 1.165) is 6.33 Å². The maximum atomic E-state index is 15.6. The van der Waals surface area contributed by atoms with E-state index in [9.17, 15) is 19.9 Å². The van der Waals surface area contributed by atoms with E-state index in [-0.39, 0.29) is 35.0 Å². The second-order valence-electron chi connectivity index (χ2n) is 9.85. The minimum atomic E-state index is -4.32. The van der Waals surface area contributed by atoms with Crippen molar-refractivity contribution in [3.8, 4) is 0 Å². The highest BCUT2D eigenvalue weighted by Gasteiger charge is 2.50. The van der Waals surface area contributed by atoms with Crippen molar-refractivity contribution in [3.63, 3.8) is 0 Å². The van der Waals surface area contributed by atoms with Gasteiger partial charge in [-0.25, -0.2) is 23.7 Å². The smallest absolute Gasteiger partial charge is 0.325 e. The molecule has 8 N–H and O–H groups in total. The Morgan fingerprint density at radius 3 is 2.65 bits per heavy atom. The van der Waals surface area contributed by atoms with Crippen molar-refractivity contribution < 1.29 is 42.4 Å². The lowest BCUT2D eigenvalue weighted by atomic mass is 10.1. The largest absolute Gasteiger partial charge is 0.396 e. The number of aromatic nitrogens is 7. The Bertz CT molecular complexity index is 1760. The molecule has 0 aromatic carbocycles. The van der Waals surface area contributed by atoms with E-state index in [1.807, 2.05) is 0 Å². The van der Waals surface area contributed by atoms with Gasteiger partial charge in [0.25, 0.3) is 5.56 Å². The average Bonchev–Trinajstić information content (AvgIpc) is 3.71. The summed E-state index contributed by atoms with van der Waals surface area (Å²) in [5.74, 6) is -0.0653. The molecule has 4 aromatic rings. The van der Waals surface area contributed by atoms with Crippen molar-refractivity contribution in [1.82, 2.24) is 34.1 Å². The Balaban J connectivity index is 1.19. The van der Waals surface area contributed by atoms with Gasteiger partial charge in [-0.05, 0) is 24.3 Å². The lowest BCUT2D eigenvalue weighted by Gasteiger charge is -2.26. The van der Waals surface area contributed by atoms with Crippen molar-refractivity contribution in [3.05, 3.63) is 35.3 Å². The zero-order chi connectivity index (χ0) is 30.6. The van der Waals surface area contributed by atoms with E-state index in [4.69, 9.17) is 41.8 Å². The second kappa shape index (κ2) is 11.4. The zero-order valence-electron chi connectivity index (χ0n) is 21.9. The van der Waals surface area contributed by atoms with Crippen LogP contribution in [0.3, 0.4) is 0 Å². The number of ether oxygens (including phenoxy) is 2. The van der Waals surface area contributed by atoms with Crippen LogP contribution in [0.25, 0.3) is 22.2 Å². The number of fused-ring (bicyclic) bond motifs is 2. The van der Waals surface area contributed by atoms with Crippen LogP contribution in [0.1, 0.15) is 18.9 Å². The summed E-state index contributed by atoms with van der Waals surface area (Å²) in [5.41, 5.74) is 10.9. The molecule has 232 valence electrons. The molecule has 2 fully saturated rings. The van der Waals surface area contributed by atoms with Crippen LogP contribution in [-0.2, 0) is 30.3 Å². The van der Waals surface area contributed by atoms with Crippen LogP contribution in [0.2, 0.25) is 0 Å². The van der Waals surface area contributed by atoms with Gasteiger partial charge in [0, 0.05) is 12.8 Å². The Hall–Kier alpha value is -3.20. The minimum absolute atomic E-state index is 0.0593. The molecule has 4 aromatic heterocycles. The lowest BCUT2D eigenvalue weighted by molar-refractivity contribution is -0.0521. The predicted octanol–water partition coefficient (Wildman–Crippen LogP) is -0.438. The number of imidazole rings is 1. The van der Waals surface area contributed by atoms with E-state index in [1.165, 1.54) is 21.7 Å². The first kappa shape index (κ1) is 29.9. The summed E-state index contributed by atoms with van der Waals surface area (Å²) in [6, 6.07) is 1.57. The van der Waals surface area contributed by atoms with Gasteiger partial charge in [-0.15, -0.1) is 0 Å². The fourth-order valence-corrected chi connectivity index (χ4v) is 6.54. The van der Waals surface area contributed by atoms with Crippen LogP contribution in [0.5, 0.6) is 0 Å². The molecule has 0 bridgehead atoms. The molecule has 0 aliphatic carbocycles. The fraction of sp³-hybridized carbons (Fsp3) is 0.500. The first-order valence-corrected chi connectivity index (χ1v) is 15.4. The number of nitrogens with zero attached hydrogens (tertiary/aromatic N) is 6. The maximum Gasteiger partial charge on any atom is 0.325 e. The molecular formula is C22H26F2N9O8PS. The van der Waals surface area contributed by atoms with Gasteiger partial charge in [0.05, 0.1) is 24.4 Å². The average molecular weight is 646 g/mol. The van der Waals surface area contributed by atoms with Crippen molar-refractivity contribution in [2.24, 2.45) is 0 Å². The standard InChI is InChI=1S/C22H26F2N9O8PS/c23-11-9(2-4-34)39-21(33-7-29-13-18(33)30-22(26)31-19(13)36)15(11)41-42(37,43)38-5-10-14(35)12(24)20(40-10)32-3-1-8-16(25)27-6-28-17(8)32/h1,3,6-7,9-12,14-15,20-21,34-35H,2,4-5H2,(H,37,43)(H2,25,27,28)(H3,26,30,31,36)/t9-,10-,11-,12+,14-,15-,20-,21-,42?/m1/s1. The number of nitrogens with one attached hydrogen (secondary N) is 1. The Morgan fingerprint density at radius 1 is 1.12 bits per heavy atom. The summed E-state index contributed by atoms with van der Waals surface area (Å²) in [6.45, 7) is -5.38. The molecule has 43 heavy (non-hydrogen) atoms. The Kier molecular flexibility index (Phi) is 7.90. The van der Waals surface area contributed by atoms with Crippen LogP contribution in [0.15, 0.2) is 29.7 Å². The highest BCUT2D eigenvalue weighted by atomic mass is 32.5. The third-order valence-corrected chi connectivity index (χ3v) is 8.73. The van der Waals surface area contributed by atoms with Gasteiger partial charge in [0.2, 0.25) is 5.95 Å². The lowest BCUT2D eigenvalue weighted by Crippen LogP contribution is -2.33. The number of nitrogen functional groups attached to an aromatic ring is 2. The second-order valence-corrected chi connectivity index (χ2v) is 12.6. The van der Waals surface area contributed by atoms with Crippen LogP contribution in [0, 0.1) is 0 Å². The summed E-state index contributed by atoms with van der Waals surface area (Å²) in [4.78, 5) is 41.4. The number of alkyl halides is 2. The summed E-state index contributed by atoms with van der Waals surface area (Å²) in [7, 11) is 0. The number of aliphatic hydroxyl groups excluding tert-OH is 2. The molecule has 6 heterocycles. The molecule has 9 atom stereocenters. The number of hydrogen-bond donors (Lipinski definition) is 6. The number of anilines is 2. The number of nitrogens with two attached hydrogens (primary N) is 2. The number of aliphatic hydroxyl groups is 2. The molecular weight excluding hydrogens is 619 g/mol. The number of rotatable bonds is 9. The number of halogens is 2. The van der Waals surface area contributed by atoms with Gasteiger partial charge < -0.3 is 45.1 Å². The highest BCUT2D eigenvalue weighted by Crippen LogP contribution is 2.51. The molecule has 2 aliphatic heterocycles. The van der Waals surface area contributed by atoms with Crippen LogP contribution >= 0.6 is 6.72 Å². The molecule has 2 aliphatic rings. The van der Waals surface area contributed by atoms with E-state index >= 15 is 8.78 Å². The summed E-state index contributed by atoms with van der Waals surface area (Å²) < 4.78 is 55.6. The van der Waals surface area contributed by atoms with E-state index in [0.29, 0.717) is 5.39 Å². The molecule has 0 spiro atoms. The topological polar surface area (TPSA) is 244 Å². The number of hydrogen-bond acceptors (Lipinski definition) is 14. The van der Waals surface area contributed by atoms with Gasteiger partial charge in [-0.2, -0.15) is 4.98 Å². The molecule has 0 amide bonds. The Morgan fingerprint density at radius 2 is 1.88 bits per heavy atom. The first-order chi connectivity index (χ1) is 20.5. The molecule has 2 saturated heterocycles. The van der Waals surface area contributed by atoms with Gasteiger partial charge in [0.1, 0.15) is 36.1 Å². The van der Waals surface area contributed by atoms with Gasteiger partial charge in [-0.1, -0.05) is 0 Å². The molecule has 6 rings (SSSR count).